The Hall–Kier alpha value is -3.73. The fourth-order valence-electron chi connectivity index (χ4n) is 2.85. The summed E-state index contributed by atoms with van der Waals surface area (Å²) in [6.07, 6.45) is 3.37. The smallest absolute Gasteiger partial charge is 0.250 e. The maximum Gasteiger partial charge on any atom is 0.250 e. The molecule has 1 aromatic heterocycles. The van der Waals surface area contributed by atoms with Crippen LogP contribution in [0.1, 0.15) is 30.3 Å². The van der Waals surface area contributed by atoms with Crippen molar-refractivity contribution in [1.29, 1.82) is 0 Å². The minimum absolute atomic E-state index is 0.0288. The van der Waals surface area contributed by atoms with Gasteiger partial charge in [0.1, 0.15) is 12.4 Å². The van der Waals surface area contributed by atoms with Gasteiger partial charge in [0.15, 0.2) is 17.3 Å². The van der Waals surface area contributed by atoms with Crippen LogP contribution in [-0.2, 0) is 17.8 Å². The number of aromatic hydroxyl groups is 1. The third-order valence-corrected chi connectivity index (χ3v) is 5.46. The minimum atomic E-state index is -0.357. The summed E-state index contributed by atoms with van der Waals surface area (Å²) >= 11 is 1.11. The number of carbonyl (C=O) groups is 1. The molecule has 0 aliphatic heterocycles. The lowest BCUT2D eigenvalue weighted by Crippen LogP contribution is -2.21. The first-order valence-electron chi connectivity index (χ1n) is 10.2. The first-order valence-corrected chi connectivity index (χ1v) is 11.2. The standard InChI is InChI=1S/C22H26N6O4S/c1-3-6-15-9-10-18(19(11-15)31-2)32-13-20-25-27-22(28(20)23)33-14-21(30)26-24-12-16-7-4-5-8-17(16)29/h4-5,7-12,29H,3,6,13-14,23H2,1-2H3,(H,26,30)/b24-12+. The topological polar surface area (TPSA) is 137 Å². The van der Waals surface area contributed by atoms with Crippen LogP contribution < -0.4 is 20.7 Å². The van der Waals surface area contributed by atoms with Crippen LogP contribution in [0.4, 0.5) is 0 Å². The minimum Gasteiger partial charge on any atom is -0.507 e. The van der Waals surface area contributed by atoms with E-state index in [1.165, 1.54) is 22.5 Å². The highest BCUT2D eigenvalue weighted by Crippen LogP contribution is 2.29. The molecule has 2 aromatic carbocycles. The molecule has 1 heterocycles. The summed E-state index contributed by atoms with van der Waals surface area (Å²) in [5.41, 5.74) is 4.06. The molecule has 3 aromatic rings. The van der Waals surface area contributed by atoms with Gasteiger partial charge in [-0.15, -0.1) is 10.2 Å². The molecule has 0 saturated carbocycles. The maximum atomic E-state index is 12.0. The van der Waals surface area contributed by atoms with Gasteiger partial charge in [0.25, 0.3) is 5.91 Å². The summed E-state index contributed by atoms with van der Waals surface area (Å²) in [4.78, 5) is 12.0. The molecule has 0 bridgehead atoms. The Morgan fingerprint density at radius 2 is 2.09 bits per heavy atom. The fourth-order valence-corrected chi connectivity index (χ4v) is 3.52. The van der Waals surface area contributed by atoms with Gasteiger partial charge in [-0.25, -0.2) is 10.1 Å². The second kappa shape index (κ2) is 11.8. The number of para-hydroxylation sites is 1. The van der Waals surface area contributed by atoms with Crippen molar-refractivity contribution in [3.63, 3.8) is 0 Å². The molecule has 4 N–H and O–H groups in total. The van der Waals surface area contributed by atoms with Crippen LogP contribution in [0.15, 0.2) is 52.7 Å². The number of nitrogen functional groups attached to an aromatic ring is 1. The first kappa shape index (κ1) is 23.9. The van der Waals surface area contributed by atoms with Crippen molar-refractivity contribution in [2.45, 2.75) is 31.5 Å². The molecule has 0 atom stereocenters. The number of methoxy groups -OCH3 is 1. The van der Waals surface area contributed by atoms with Gasteiger partial charge >= 0.3 is 0 Å². The quantitative estimate of drug-likeness (QED) is 0.168. The number of benzene rings is 2. The van der Waals surface area contributed by atoms with Crippen LogP contribution in [-0.4, -0.2) is 45.0 Å². The second-order valence-corrected chi connectivity index (χ2v) is 7.88. The number of rotatable bonds is 11. The molecule has 11 heteroatoms. The molecule has 33 heavy (non-hydrogen) atoms. The largest absolute Gasteiger partial charge is 0.507 e. The van der Waals surface area contributed by atoms with E-state index in [4.69, 9.17) is 15.3 Å². The molecule has 1 amide bonds. The number of carbonyl (C=O) groups excluding carboxylic acids is 1. The number of phenols is 1. The SMILES string of the molecule is CCCc1ccc(OCc2nnc(SCC(=O)N/N=C/c3ccccc3O)n2N)c(OC)c1. The third-order valence-electron chi connectivity index (χ3n) is 4.52. The average molecular weight is 471 g/mol. The normalized spacial score (nSPS) is 11.0. The summed E-state index contributed by atoms with van der Waals surface area (Å²) in [7, 11) is 1.59. The summed E-state index contributed by atoms with van der Waals surface area (Å²) in [5.74, 6) is 7.41. The zero-order valence-corrected chi connectivity index (χ0v) is 19.2. The Bertz CT molecular complexity index is 1120. The van der Waals surface area contributed by atoms with Crippen molar-refractivity contribution in [2.24, 2.45) is 5.10 Å². The van der Waals surface area contributed by atoms with E-state index in [-0.39, 0.29) is 24.0 Å². The second-order valence-electron chi connectivity index (χ2n) is 6.93. The number of nitrogens with two attached hydrogens (primary N) is 1. The lowest BCUT2D eigenvalue weighted by molar-refractivity contribution is -0.118. The van der Waals surface area contributed by atoms with Gasteiger partial charge in [-0.05, 0) is 36.2 Å². The number of nitrogens with one attached hydrogen (secondary N) is 1. The van der Waals surface area contributed by atoms with E-state index in [0.717, 1.165) is 24.6 Å². The van der Waals surface area contributed by atoms with E-state index in [1.54, 1.807) is 25.3 Å². The van der Waals surface area contributed by atoms with Crippen molar-refractivity contribution < 1.29 is 19.4 Å². The van der Waals surface area contributed by atoms with E-state index in [0.29, 0.717) is 28.0 Å². The predicted molar refractivity (Wildman–Crippen MR) is 126 cm³/mol. The number of thioether (sulfide) groups is 1. The number of phenolic OH excluding ortho intramolecular Hbond substituents is 1. The number of amides is 1. The predicted octanol–water partition coefficient (Wildman–Crippen LogP) is 2.48. The number of hydrogen-bond acceptors (Lipinski definition) is 9. The van der Waals surface area contributed by atoms with Gasteiger partial charge in [-0.1, -0.05) is 43.3 Å². The van der Waals surface area contributed by atoms with Crippen LogP contribution in [0.3, 0.4) is 0 Å². The van der Waals surface area contributed by atoms with Gasteiger partial charge in [0, 0.05) is 5.56 Å². The molecule has 174 valence electrons. The maximum absolute atomic E-state index is 12.0. The van der Waals surface area contributed by atoms with Crippen molar-refractivity contribution in [2.75, 3.05) is 18.7 Å². The highest BCUT2D eigenvalue weighted by molar-refractivity contribution is 7.99. The van der Waals surface area contributed by atoms with E-state index in [1.807, 2.05) is 18.2 Å². The Labute approximate surface area is 195 Å². The van der Waals surface area contributed by atoms with Gasteiger partial charge < -0.3 is 20.4 Å². The van der Waals surface area contributed by atoms with E-state index in [2.05, 4.69) is 27.6 Å². The van der Waals surface area contributed by atoms with Crippen molar-refractivity contribution in [3.05, 3.63) is 59.4 Å². The molecule has 0 saturated heterocycles. The molecule has 0 spiro atoms. The zero-order valence-electron chi connectivity index (χ0n) is 18.4. The molecule has 10 nitrogen and oxygen atoms in total. The number of aryl methyl sites for hydroxylation is 1. The number of aromatic nitrogens is 3. The summed E-state index contributed by atoms with van der Waals surface area (Å²) in [5, 5.41) is 21.9. The van der Waals surface area contributed by atoms with E-state index < -0.39 is 0 Å². The molecule has 0 unspecified atom stereocenters. The van der Waals surface area contributed by atoms with Crippen LogP contribution in [0, 0.1) is 0 Å². The average Bonchev–Trinajstić information content (AvgIpc) is 3.17. The molecule has 0 fully saturated rings. The third kappa shape index (κ3) is 6.62. The molecule has 0 aliphatic rings. The molecular formula is C22H26N6O4S. The first-order chi connectivity index (χ1) is 16.0. The van der Waals surface area contributed by atoms with Crippen molar-refractivity contribution >= 4 is 23.9 Å². The van der Waals surface area contributed by atoms with Gasteiger partial charge in [0.2, 0.25) is 5.16 Å². The summed E-state index contributed by atoms with van der Waals surface area (Å²) in [6.45, 7) is 2.21. The summed E-state index contributed by atoms with van der Waals surface area (Å²) < 4.78 is 12.5. The Morgan fingerprint density at radius 3 is 2.85 bits per heavy atom. The van der Waals surface area contributed by atoms with E-state index in [9.17, 15) is 9.90 Å². The fraction of sp³-hybridized carbons (Fsp3) is 0.273. The van der Waals surface area contributed by atoms with Gasteiger partial charge in [-0.3, -0.25) is 4.79 Å². The lowest BCUT2D eigenvalue weighted by Gasteiger charge is -2.12. The summed E-state index contributed by atoms with van der Waals surface area (Å²) in [6, 6.07) is 12.5. The van der Waals surface area contributed by atoms with Gasteiger partial charge in [0.05, 0.1) is 19.1 Å². The Morgan fingerprint density at radius 1 is 1.27 bits per heavy atom. The number of hydrogen-bond donors (Lipinski definition) is 3. The van der Waals surface area contributed by atoms with Crippen molar-refractivity contribution in [1.82, 2.24) is 20.3 Å². The monoisotopic (exact) mass is 470 g/mol. The molecular weight excluding hydrogens is 444 g/mol. The molecule has 3 rings (SSSR count). The zero-order chi connectivity index (χ0) is 23.6. The van der Waals surface area contributed by atoms with Gasteiger partial charge in [-0.2, -0.15) is 5.10 Å². The van der Waals surface area contributed by atoms with Crippen molar-refractivity contribution in [3.8, 4) is 17.2 Å². The molecule has 0 radical (unpaired) electrons. The molecule has 0 aliphatic carbocycles. The van der Waals surface area contributed by atoms with E-state index >= 15 is 0 Å². The van der Waals surface area contributed by atoms with Crippen LogP contribution in [0.5, 0.6) is 17.2 Å². The number of hydrazone groups is 1. The van der Waals surface area contributed by atoms with Crippen LogP contribution in [0.25, 0.3) is 0 Å². The Kier molecular flexibility index (Phi) is 8.53. The number of nitrogens with zero attached hydrogens (tertiary/aromatic N) is 4. The highest BCUT2D eigenvalue weighted by atomic mass is 32.2. The van der Waals surface area contributed by atoms with Crippen LogP contribution in [0.2, 0.25) is 0 Å². The highest BCUT2D eigenvalue weighted by Gasteiger charge is 2.14. The van der Waals surface area contributed by atoms with Crippen LogP contribution >= 0.6 is 11.8 Å². The lowest BCUT2D eigenvalue weighted by atomic mass is 10.1. The Balaban J connectivity index is 1.51. The number of ether oxygens (including phenoxy) is 2.